The summed E-state index contributed by atoms with van der Waals surface area (Å²) in [6.45, 7) is 0. The Labute approximate surface area is 164 Å². The van der Waals surface area contributed by atoms with Gasteiger partial charge in [0.25, 0.3) is 5.91 Å². The Morgan fingerprint density at radius 2 is 1.81 bits per heavy atom. The Bertz CT molecular complexity index is 992. The molecule has 0 saturated carbocycles. The second kappa shape index (κ2) is 8.03. The molecule has 0 radical (unpaired) electrons. The number of carbonyl (C=O) groups excluding carboxylic acids is 1. The van der Waals surface area contributed by atoms with Crippen molar-refractivity contribution in [3.05, 3.63) is 74.2 Å². The molecule has 132 valence electrons. The molecule has 0 fully saturated rings. The van der Waals surface area contributed by atoms with Gasteiger partial charge in [0, 0.05) is 15.7 Å². The van der Waals surface area contributed by atoms with E-state index in [1.165, 1.54) is 36.4 Å². The lowest BCUT2D eigenvalue weighted by Crippen LogP contribution is -2.11. The fourth-order valence-corrected chi connectivity index (χ4v) is 3.25. The molecule has 3 rings (SSSR count). The molecule has 1 heterocycles. The van der Waals surface area contributed by atoms with Gasteiger partial charge in [-0.05, 0) is 48.5 Å². The Kier molecular flexibility index (Phi) is 5.75. The van der Waals surface area contributed by atoms with Gasteiger partial charge in [0.2, 0.25) is 5.01 Å². The predicted octanol–water partition coefficient (Wildman–Crippen LogP) is 5.57. The van der Waals surface area contributed by atoms with Gasteiger partial charge in [0.05, 0.1) is 5.03 Å². The van der Waals surface area contributed by atoms with Crippen LogP contribution in [0.3, 0.4) is 0 Å². The van der Waals surface area contributed by atoms with E-state index in [9.17, 15) is 13.6 Å². The molecular weight excluding hydrogens is 448 g/mol. The van der Waals surface area contributed by atoms with E-state index in [-0.39, 0.29) is 20.6 Å². The van der Waals surface area contributed by atoms with Gasteiger partial charge in [-0.1, -0.05) is 38.9 Å². The summed E-state index contributed by atoms with van der Waals surface area (Å²) in [5.41, 5.74) is 0.697. The average molecular weight is 457 g/mol. The zero-order valence-electron chi connectivity index (χ0n) is 12.8. The van der Waals surface area contributed by atoms with Gasteiger partial charge < -0.3 is 5.32 Å². The average Bonchev–Trinajstić information content (AvgIpc) is 3.10. The van der Waals surface area contributed by atoms with Crippen LogP contribution >= 0.6 is 38.9 Å². The highest BCUT2D eigenvalue weighted by Gasteiger charge is 2.15. The topological polar surface area (TPSA) is 54.9 Å². The fraction of sp³-hybridized carbons (Fsp3) is 0. The first-order valence-electron chi connectivity index (χ1n) is 7.15. The number of benzene rings is 2. The van der Waals surface area contributed by atoms with Gasteiger partial charge in [-0.3, -0.25) is 4.79 Å². The molecule has 1 aromatic heterocycles. The van der Waals surface area contributed by atoms with Crippen LogP contribution < -0.4 is 5.32 Å². The molecule has 26 heavy (non-hydrogen) atoms. The van der Waals surface area contributed by atoms with E-state index in [1.807, 2.05) is 0 Å². The minimum absolute atomic E-state index is 0.0746. The number of anilines is 1. The zero-order chi connectivity index (χ0) is 18.7. The molecule has 1 amide bonds. The molecule has 2 aromatic carbocycles. The van der Waals surface area contributed by atoms with E-state index in [4.69, 9.17) is 11.6 Å². The van der Waals surface area contributed by atoms with Gasteiger partial charge in [0.15, 0.2) is 5.01 Å². The molecule has 3 aromatic rings. The Balaban J connectivity index is 1.78. The van der Waals surface area contributed by atoms with E-state index in [0.717, 1.165) is 11.3 Å². The van der Waals surface area contributed by atoms with Crippen LogP contribution in [-0.4, -0.2) is 16.1 Å². The second-order valence-electron chi connectivity index (χ2n) is 5.03. The maximum atomic E-state index is 13.8. The third-order valence-corrected chi connectivity index (χ3v) is 5.01. The van der Waals surface area contributed by atoms with Crippen LogP contribution in [0.15, 0.2) is 46.9 Å². The second-order valence-corrected chi connectivity index (χ2v) is 7.33. The van der Waals surface area contributed by atoms with Crippen LogP contribution in [0.2, 0.25) is 0 Å². The Morgan fingerprint density at radius 1 is 1.12 bits per heavy atom. The van der Waals surface area contributed by atoms with Gasteiger partial charge >= 0.3 is 0 Å². The number of rotatable bonds is 4. The van der Waals surface area contributed by atoms with Crippen molar-refractivity contribution in [2.24, 2.45) is 0 Å². The van der Waals surface area contributed by atoms with Crippen molar-refractivity contribution in [2.75, 3.05) is 5.32 Å². The third-order valence-electron chi connectivity index (χ3n) is 3.17. The van der Waals surface area contributed by atoms with Crippen LogP contribution in [0, 0.1) is 11.6 Å². The zero-order valence-corrected chi connectivity index (χ0v) is 16.0. The first-order chi connectivity index (χ1) is 12.4. The quantitative estimate of drug-likeness (QED) is 0.558. The van der Waals surface area contributed by atoms with E-state index in [1.54, 1.807) is 12.1 Å². The van der Waals surface area contributed by atoms with E-state index >= 15 is 0 Å². The lowest BCUT2D eigenvalue weighted by Gasteiger charge is -2.01. The number of hydrogen-bond acceptors (Lipinski definition) is 4. The number of aromatic nitrogens is 2. The van der Waals surface area contributed by atoms with Crippen LogP contribution in [0.1, 0.15) is 20.4 Å². The van der Waals surface area contributed by atoms with Gasteiger partial charge in [-0.25, -0.2) is 8.78 Å². The molecule has 0 aliphatic heterocycles. The van der Waals surface area contributed by atoms with Gasteiger partial charge in [-0.2, -0.15) is 0 Å². The first-order valence-corrected chi connectivity index (χ1v) is 9.14. The van der Waals surface area contributed by atoms with Crippen molar-refractivity contribution in [3.63, 3.8) is 0 Å². The molecule has 0 spiro atoms. The van der Waals surface area contributed by atoms with Crippen LogP contribution in [0.25, 0.3) is 11.1 Å². The molecule has 0 aliphatic rings. The molecule has 4 nitrogen and oxygen atoms in total. The molecule has 0 unspecified atom stereocenters. The maximum absolute atomic E-state index is 13.8. The highest BCUT2D eigenvalue weighted by Crippen LogP contribution is 2.27. The monoisotopic (exact) mass is 455 g/mol. The van der Waals surface area contributed by atoms with Crippen molar-refractivity contribution in [2.45, 2.75) is 0 Å². The summed E-state index contributed by atoms with van der Waals surface area (Å²) in [6, 6.07) is 9.77. The summed E-state index contributed by atoms with van der Waals surface area (Å²) in [5.74, 6) is -1.35. The van der Waals surface area contributed by atoms with Crippen molar-refractivity contribution in [3.8, 4) is 0 Å². The normalized spacial score (nSPS) is 11.5. The molecule has 9 heteroatoms. The number of hydrogen-bond donors (Lipinski definition) is 1. The molecular formula is C17H9BrClF2N3OS. The molecule has 1 N–H and O–H groups in total. The van der Waals surface area contributed by atoms with Gasteiger partial charge in [-0.15, -0.1) is 10.2 Å². The van der Waals surface area contributed by atoms with Crippen LogP contribution in [0.5, 0.6) is 0 Å². The smallest absolute Gasteiger partial charge is 0.286 e. The number of nitrogens with zero attached hydrogens (tertiary/aromatic N) is 2. The van der Waals surface area contributed by atoms with Crippen molar-refractivity contribution in [1.29, 1.82) is 0 Å². The molecule has 0 aliphatic carbocycles. The summed E-state index contributed by atoms with van der Waals surface area (Å²) in [4.78, 5) is 12.2. The van der Waals surface area contributed by atoms with E-state index in [0.29, 0.717) is 10.2 Å². The summed E-state index contributed by atoms with van der Waals surface area (Å²) in [5, 5.41) is 10.7. The Morgan fingerprint density at radius 3 is 2.54 bits per heavy atom. The third kappa shape index (κ3) is 4.51. The fourth-order valence-electron chi connectivity index (χ4n) is 1.95. The summed E-state index contributed by atoms with van der Waals surface area (Å²) < 4.78 is 27.4. The number of nitrogens with one attached hydrogen (secondary N) is 1. The summed E-state index contributed by atoms with van der Waals surface area (Å²) in [7, 11) is 0. The highest BCUT2D eigenvalue weighted by atomic mass is 79.9. The summed E-state index contributed by atoms with van der Waals surface area (Å²) in [6.07, 6.45) is 1.41. The molecule has 0 atom stereocenters. The van der Waals surface area contributed by atoms with Crippen LogP contribution in [-0.2, 0) is 0 Å². The largest absolute Gasteiger partial charge is 0.320 e. The van der Waals surface area contributed by atoms with Crippen molar-refractivity contribution >= 4 is 61.6 Å². The number of halogens is 4. The number of amides is 1. The molecule has 0 bridgehead atoms. The lowest BCUT2D eigenvalue weighted by molar-refractivity contribution is 0.102. The van der Waals surface area contributed by atoms with Crippen molar-refractivity contribution < 1.29 is 13.6 Å². The van der Waals surface area contributed by atoms with Crippen LogP contribution in [0.4, 0.5) is 14.5 Å². The minimum atomic E-state index is -0.501. The maximum Gasteiger partial charge on any atom is 0.286 e. The van der Waals surface area contributed by atoms with E-state index in [2.05, 4.69) is 31.4 Å². The van der Waals surface area contributed by atoms with E-state index < -0.39 is 17.5 Å². The lowest BCUT2D eigenvalue weighted by atomic mass is 10.2. The highest BCUT2D eigenvalue weighted by molar-refractivity contribution is 9.10. The molecule has 0 saturated heterocycles. The predicted molar refractivity (Wildman–Crippen MR) is 102 cm³/mol. The summed E-state index contributed by atoms with van der Waals surface area (Å²) >= 11 is 10.4. The SMILES string of the molecule is O=C(Nc1ccc(F)cc1)c1nnc(/C(Cl)=C/c2cc(Br)ccc2F)s1. The number of carbonyl (C=O) groups is 1. The van der Waals surface area contributed by atoms with Crippen molar-refractivity contribution in [1.82, 2.24) is 10.2 Å². The minimum Gasteiger partial charge on any atom is -0.320 e. The van der Waals surface area contributed by atoms with Gasteiger partial charge in [0.1, 0.15) is 11.6 Å². The Hall–Kier alpha value is -2.16. The first kappa shape index (κ1) is 18.6. The standard InChI is InChI=1S/C17H9BrClF2N3OS/c18-10-1-6-14(21)9(7-10)8-13(19)16-23-24-17(26-16)15(25)22-12-4-2-11(20)3-5-12/h1-8H,(H,22,25)/b13-8-.